The van der Waals surface area contributed by atoms with Gasteiger partial charge in [-0.1, -0.05) is 11.6 Å². The van der Waals surface area contributed by atoms with E-state index >= 15 is 0 Å². The van der Waals surface area contributed by atoms with Crippen LogP contribution in [0.25, 0.3) is 6.08 Å². The van der Waals surface area contributed by atoms with Gasteiger partial charge in [-0.3, -0.25) is 0 Å². The standard InChI is InChI=1S/C16H12ClNO5S/c1-23-15-8-10(7-14(19)16(15)20)6-13(9-18)24(21,22)12-4-2-11(17)3-5-12/h2-8,19-20H,1H3/b13-6-. The van der Waals surface area contributed by atoms with E-state index in [1.165, 1.54) is 37.4 Å². The number of aromatic hydroxyl groups is 2. The van der Waals surface area contributed by atoms with Crippen LogP contribution in [0.1, 0.15) is 5.56 Å². The van der Waals surface area contributed by atoms with Crippen LogP contribution in [0.5, 0.6) is 17.2 Å². The quantitative estimate of drug-likeness (QED) is 0.636. The van der Waals surface area contributed by atoms with Crippen LogP contribution >= 0.6 is 11.6 Å². The summed E-state index contributed by atoms with van der Waals surface area (Å²) in [5.74, 6) is -1.03. The molecule has 0 saturated heterocycles. The highest BCUT2D eigenvalue weighted by Crippen LogP contribution is 2.37. The molecule has 0 amide bonds. The van der Waals surface area contributed by atoms with E-state index in [2.05, 4.69) is 0 Å². The largest absolute Gasteiger partial charge is 0.504 e. The number of hydrogen-bond donors (Lipinski definition) is 2. The van der Waals surface area contributed by atoms with E-state index in [4.69, 9.17) is 16.3 Å². The summed E-state index contributed by atoms with van der Waals surface area (Å²) in [5.41, 5.74) is 0.177. The number of methoxy groups -OCH3 is 1. The lowest BCUT2D eigenvalue weighted by molar-refractivity contribution is 0.351. The molecule has 2 N–H and O–H groups in total. The molecule has 0 saturated carbocycles. The van der Waals surface area contributed by atoms with E-state index in [-0.39, 0.29) is 16.2 Å². The Bertz CT molecular complexity index is 944. The first kappa shape index (κ1) is 17.7. The van der Waals surface area contributed by atoms with Crippen LogP contribution in [0.2, 0.25) is 5.02 Å². The predicted molar refractivity (Wildman–Crippen MR) is 88.6 cm³/mol. The van der Waals surface area contributed by atoms with Crippen molar-refractivity contribution in [2.24, 2.45) is 0 Å². The molecule has 0 heterocycles. The fraction of sp³-hybridized carbons (Fsp3) is 0.0625. The SMILES string of the molecule is COc1cc(/C=C(/C#N)S(=O)(=O)c2ccc(Cl)cc2)cc(O)c1O. The zero-order valence-electron chi connectivity index (χ0n) is 12.4. The molecule has 6 nitrogen and oxygen atoms in total. The van der Waals surface area contributed by atoms with Crippen LogP contribution in [0.15, 0.2) is 46.2 Å². The number of benzene rings is 2. The van der Waals surface area contributed by atoms with Crippen molar-refractivity contribution in [3.63, 3.8) is 0 Å². The Labute approximate surface area is 143 Å². The van der Waals surface area contributed by atoms with Gasteiger partial charge in [0.2, 0.25) is 15.6 Å². The van der Waals surface area contributed by atoms with Crippen molar-refractivity contribution in [2.75, 3.05) is 7.11 Å². The molecular formula is C16H12ClNO5S. The van der Waals surface area contributed by atoms with Crippen molar-refractivity contribution in [1.29, 1.82) is 5.26 Å². The van der Waals surface area contributed by atoms with Crippen LogP contribution in [0.4, 0.5) is 0 Å². The number of nitrogens with zero attached hydrogens (tertiary/aromatic N) is 1. The van der Waals surface area contributed by atoms with Crippen molar-refractivity contribution in [3.05, 3.63) is 51.9 Å². The average molecular weight is 366 g/mol. The van der Waals surface area contributed by atoms with E-state index in [0.717, 1.165) is 12.1 Å². The maximum atomic E-state index is 12.5. The minimum atomic E-state index is -4.05. The molecule has 2 rings (SSSR count). The van der Waals surface area contributed by atoms with Gasteiger partial charge in [0.15, 0.2) is 11.5 Å². The smallest absolute Gasteiger partial charge is 0.216 e. The summed E-state index contributed by atoms with van der Waals surface area (Å²) >= 11 is 5.73. The number of halogens is 1. The molecule has 124 valence electrons. The Balaban J connectivity index is 2.56. The second-order valence-corrected chi connectivity index (χ2v) is 7.02. The Morgan fingerprint density at radius 2 is 1.88 bits per heavy atom. The number of phenolic OH excluding ortho intramolecular Hbond substituents is 2. The maximum Gasteiger partial charge on any atom is 0.216 e. The number of rotatable bonds is 4. The molecule has 2 aromatic carbocycles. The van der Waals surface area contributed by atoms with Gasteiger partial charge in [-0.15, -0.1) is 0 Å². The summed E-state index contributed by atoms with van der Waals surface area (Å²) in [6, 6.07) is 9.43. The van der Waals surface area contributed by atoms with Crippen LogP contribution in [0.3, 0.4) is 0 Å². The summed E-state index contributed by atoms with van der Waals surface area (Å²) in [6.45, 7) is 0. The fourth-order valence-corrected chi connectivity index (χ4v) is 3.20. The molecule has 0 fully saturated rings. The number of hydrogen-bond acceptors (Lipinski definition) is 6. The van der Waals surface area contributed by atoms with Gasteiger partial charge in [-0.25, -0.2) is 8.42 Å². The normalized spacial score (nSPS) is 11.8. The maximum absolute atomic E-state index is 12.5. The lowest BCUT2D eigenvalue weighted by Gasteiger charge is -2.07. The van der Waals surface area contributed by atoms with Crippen molar-refractivity contribution in [1.82, 2.24) is 0 Å². The summed E-state index contributed by atoms with van der Waals surface area (Å²) in [5, 5.41) is 28.8. The van der Waals surface area contributed by atoms with Crippen LogP contribution in [-0.4, -0.2) is 25.7 Å². The summed E-state index contributed by atoms with van der Waals surface area (Å²) in [7, 11) is -2.78. The number of allylic oxidation sites excluding steroid dienone is 1. The molecule has 0 spiro atoms. The minimum absolute atomic E-state index is 0.0533. The van der Waals surface area contributed by atoms with Gasteiger partial charge in [0.05, 0.1) is 12.0 Å². The molecule has 2 aromatic rings. The molecule has 0 aliphatic carbocycles. The molecule has 24 heavy (non-hydrogen) atoms. The second kappa shape index (κ2) is 6.83. The van der Waals surface area contributed by atoms with E-state index < -0.39 is 26.2 Å². The number of sulfone groups is 1. The first-order valence-electron chi connectivity index (χ1n) is 6.52. The highest BCUT2D eigenvalue weighted by molar-refractivity contribution is 7.95. The fourth-order valence-electron chi connectivity index (χ4n) is 1.91. The zero-order valence-corrected chi connectivity index (χ0v) is 14.0. The third kappa shape index (κ3) is 3.45. The molecule has 8 heteroatoms. The second-order valence-electron chi connectivity index (χ2n) is 4.67. The van der Waals surface area contributed by atoms with E-state index in [1.54, 1.807) is 6.07 Å². The monoisotopic (exact) mass is 365 g/mol. The Kier molecular flexibility index (Phi) is 5.02. The van der Waals surface area contributed by atoms with Crippen molar-refractivity contribution in [3.8, 4) is 23.3 Å². The highest BCUT2D eigenvalue weighted by Gasteiger charge is 2.21. The van der Waals surface area contributed by atoms with Crippen LogP contribution in [0, 0.1) is 11.3 Å². The van der Waals surface area contributed by atoms with Crippen LogP contribution < -0.4 is 4.74 Å². The third-order valence-corrected chi connectivity index (χ3v) is 5.05. The molecular weight excluding hydrogens is 354 g/mol. The average Bonchev–Trinajstić information content (AvgIpc) is 2.55. The summed E-state index contributed by atoms with van der Waals surface area (Å²) in [4.78, 5) is -0.619. The molecule has 0 aromatic heterocycles. The first-order valence-corrected chi connectivity index (χ1v) is 8.38. The Hall–Kier alpha value is -2.69. The number of ether oxygens (including phenoxy) is 1. The molecule has 0 aliphatic heterocycles. The zero-order chi connectivity index (χ0) is 17.9. The molecule has 0 aliphatic rings. The lowest BCUT2D eigenvalue weighted by atomic mass is 10.1. The number of nitriles is 1. The Morgan fingerprint density at radius 1 is 1.25 bits per heavy atom. The van der Waals surface area contributed by atoms with Gasteiger partial charge < -0.3 is 14.9 Å². The molecule has 0 radical (unpaired) electrons. The lowest BCUT2D eigenvalue weighted by Crippen LogP contribution is -2.03. The van der Waals surface area contributed by atoms with E-state index in [0.29, 0.717) is 5.02 Å². The third-order valence-electron chi connectivity index (χ3n) is 3.12. The predicted octanol–water partition coefficient (Wildman–Crippen LogP) is 3.10. The van der Waals surface area contributed by atoms with E-state index in [9.17, 15) is 23.9 Å². The topological polar surface area (TPSA) is 108 Å². The minimum Gasteiger partial charge on any atom is -0.504 e. The van der Waals surface area contributed by atoms with Gasteiger partial charge in [0.25, 0.3) is 0 Å². The van der Waals surface area contributed by atoms with Crippen LogP contribution in [-0.2, 0) is 9.84 Å². The van der Waals surface area contributed by atoms with Gasteiger partial charge in [0, 0.05) is 5.02 Å². The Morgan fingerprint density at radius 3 is 2.42 bits per heavy atom. The summed E-state index contributed by atoms with van der Waals surface area (Å²) < 4.78 is 29.9. The van der Waals surface area contributed by atoms with Gasteiger partial charge in [-0.05, 0) is 48.0 Å². The highest BCUT2D eigenvalue weighted by atomic mass is 35.5. The van der Waals surface area contributed by atoms with Gasteiger partial charge in [0.1, 0.15) is 11.0 Å². The van der Waals surface area contributed by atoms with Crippen molar-refractivity contribution in [2.45, 2.75) is 4.90 Å². The van der Waals surface area contributed by atoms with Crippen molar-refractivity contribution >= 4 is 27.5 Å². The van der Waals surface area contributed by atoms with Crippen molar-refractivity contribution < 1.29 is 23.4 Å². The van der Waals surface area contributed by atoms with Gasteiger partial charge >= 0.3 is 0 Å². The van der Waals surface area contributed by atoms with Gasteiger partial charge in [-0.2, -0.15) is 5.26 Å². The molecule has 0 bridgehead atoms. The molecule has 0 atom stereocenters. The first-order chi connectivity index (χ1) is 11.3. The van der Waals surface area contributed by atoms with E-state index in [1.807, 2.05) is 0 Å². The summed E-state index contributed by atoms with van der Waals surface area (Å²) in [6.07, 6.45) is 1.08. The molecule has 0 unspecified atom stereocenters. The number of phenols is 2.